The zero-order valence-electron chi connectivity index (χ0n) is 21.3. The van der Waals surface area contributed by atoms with Crippen LogP contribution in [0.15, 0.2) is 122 Å². The first kappa shape index (κ1) is 26.4. The Kier molecular flexibility index (Phi) is 9.03. The van der Waals surface area contributed by atoms with Crippen LogP contribution in [0, 0.1) is 0 Å². The quantitative estimate of drug-likeness (QED) is 0.121. The number of carbonyl (C=O) groups is 2. The van der Waals surface area contributed by atoms with E-state index in [4.69, 9.17) is 9.47 Å². The summed E-state index contributed by atoms with van der Waals surface area (Å²) >= 11 is 0. The van der Waals surface area contributed by atoms with Crippen molar-refractivity contribution in [1.29, 1.82) is 0 Å². The fraction of sp³-hybridized carbons (Fsp3) is 0.118. The van der Waals surface area contributed by atoms with Crippen molar-refractivity contribution in [3.05, 3.63) is 133 Å². The number of carbonyl (C=O) groups excluding carboxylic acids is 2. The summed E-state index contributed by atoms with van der Waals surface area (Å²) in [5.41, 5.74) is 8.95. The lowest BCUT2D eigenvalue weighted by Crippen LogP contribution is -2.02. The molecule has 0 aliphatic carbocycles. The zero-order valence-corrected chi connectivity index (χ0v) is 21.3. The highest BCUT2D eigenvalue weighted by Crippen LogP contribution is 2.33. The van der Waals surface area contributed by atoms with Gasteiger partial charge in [-0.1, -0.05) is 110 Å². The molecule has 0 bridgehead atoms. The van der Waals surface area contributed by atoms with Gasteiger partial charge < -0.3 is 9.47 Å². The number of esters is 2. The second-order valence-electron chi connectivity index (χ2n) is 8.80. The molecule has 0 spiro atoms. The van der Waals surface area contributed by atoms with Gasteiger partial charge in [0, 0.05) is 12.2 Å². The average Bonchev–Trinajstić information content (AvgIpc) is 2.98. The summed E-state index contributed by atoms with van der Waals surface area (Å²) in [5, 5.41) is 0. The van der Waals surface area contributed by atoms with Crippen molar-refractivity contribution in [3.63, 3.8) is 0 Å². The van der Waals surface area contributed by atoms with E-state index < -0.39 is 5.97 Å². The van der Waals surface area contributed by atoms with E-state index in [1.165, 1.54) is 17.7 Å². The van der Waals surface area contributed by atoms with Crippen LogP contribution in [0.5, 0.6) is 0 Å². The summed E-state index contributed by atoms with van der Waals surface area (Å²) in [7, 11) is 0. The predicted octanol–water partition coefficient (Wildman–Crippen LogP) is 7.58. The molecule has 4 nitrogen and oxygen atoms in total. The molecule has 0 aromatic heterocycles. The molecule has 0 unspecified atom stereocenters. The number of hydrogen-bond donors (Lipinski definition) is 0. The maximum absolute atomic E-state index is 11.3. The van der Waals surface area contributed by atoms with Crippen molar-refractivity contribution < 1.29 is 19.1 Å². The SMILES string of the molecule is C=CC(=O)OCCCc1ccc(-c2ccc(-c3ccccc3-c3ccc(COC(=O)C=C)cc3)cc2)cc1. The van der Waals surface area contributed by atoms with E-state index in [9.17, 15) is 9.59 Å². The Labute approximate surface area is 223 Å². The van der Waals surface area contributed by atoms with Gasteiger partial charge in [-0.2, -0.15) is 0 Å². The Balaban J connectivity index is 1.44. The summed E-state index contributed by atoms with van der Waals surface area (Å²) in [6, 6.07) is 33.5. The molecule has 0 N–H and O–H groups in total. The van der Waals surface area contributed by atoms with Gasteiger partial charge >= 0.3 is 11.9 Å². The lowest BCUT2D eigenvalue weighted by atomic mass is 9.93. The van der Waals surface area contributed by atoms with Crippen LogP contribution in [0.25, 0.3) is 33.4 Å². The standard InChI is InChI=1S/C34H30O4/c1-3-33(35)37-23-7-8-25-11-15-27(16-12-25)28-19-21-30(22-20-28)32-10-6-5-9-31(32)29-17-13-26(14-18-29)24-38-34(36)4-2/h3-6,9-22H,1-2,7-8,23-24H2. The van der Waals surface area contributed by atoms with Gasteiger partial charge in [-0.15, -0.1) is 0 Å². The molecule has 0 aliphatic heterocycles. The van der Waals surface area contributed by atoms with Gasteiger partial charge in [-0.05, 0) is 57.3 Å². The molecule has 0 radical (unpaired) electrons. The van der Waals surface area contributed by atoms with Gasteiger partial charge in [-0.3, -0.25) is 0 Å². The van der Waals surface area contributed by atoms with Crippen LogP contribution in [-0.4, -0.2) is 18.5 Å². The largest absolute Gasteiger partial charge is 0.463 e. The highest BCUT2D eigenvalue weighted by Gasteiger charge is 2.08. The van der Waals surface area contributed by atoms with Crippen molar-refractivity contribution >= 4 is 11.9 Å². The molecule has 4 aromatic carbocycles. The summed E-state index contributed by atoms with van der Waals surface area (Å²) in [5.74, 6) is -0.810. The van der Waals surface area contributed by atoms with Gasteiger partial charge in [0.25, 0.3) is 0 Å². The van der Waals surface area contributed by atoms with Crippen molar-refractivity contribution in [2.24, 2.45) is 0 Å². The van der Waals surface area contributed by atoms with Gasteiger partial charge in [-0.25, -0.2) is 9.59 Å². The Bertz CT molecular complexity index is 1400. The van der Waals surface area contributed by atoms with E-state index in [0.717, 1.165) is 51.8 Å². The lowest BCUT2D eigenvalue weighted by molar-refractivity contribution is -0.139. The van der Waals surface area contributed by atoms with E-state index in [1.807, 2.05) is 24.3 Å². The average molecular weight is 503 g/mol. The normalized spacial score (nSPS) is 10.4. The third-order valence-corrected chi connectivity index (χ3v) is 6.24. The molecular formula is C34H30O4. The molecular weight excluding hydrogens is 472 g/mol. The highest BCUT2D eigenvalue weighted by molar-refractivity contribution is 5.84. The molecule has 0 amide bonds. The van der Waals surface area contributed by atoms with Crippen LogP contribution in [0.4, 0.5) is 0 Å². The molecule has 0 aliphatic rings. The van der Waals surface area contributed by atoms with E-state index >= 15 is 0 Å². The van der Waals surface area contributed by atoms with Crippen molar-refractivity contribution in [2.45, 2.75) is 19.4 Å². The first-order valence-corrected chi connectivity index (χ1v) is 12.5. The van der Waals surface area contributed by atoms with Crippen LogP contribution in [0.1, 0.15) is 17.5 Å². The van der Waals surface area contributed by atoms with E-state index in [0.29, 0.717) is 6.61 Å². The zero-order chi connectivity index (χ0) is 26.7. The second-order valence-corrected chi connectivity index (χ2v) is 8.80. The minimum atomic E-state index is -0.428. The summed E-state index contributed by atoms with van der Waals surface area (Å²) in [6.45, 7) is 7.44. The van der Waals surface area contributed by atoms with Crippen molar-refractivity contribution in [3.8, 4) is 33.4 Å². The number of ether oxygens (including phenoxy) is 2. The fourth-order valence-corrected chi connectivity index (χ4v) is 4.19. The monoisotopic (exact) mass is 502 g/mol. The maximum Gasteiger partial charge on any atom is 0.330 e. The number of rotatable bonds is 11. The first-order valence-electron chi connectivity index (χ1n) is 12.5. The molecule has 4 heteroatoms. The second kappa shape index (κ2) is 13.0. The molecule has 4 aromatic rings. The smallest absolute Gasteiger partial charge is 0.330 e. The maximum atomic E-state index is 11.3. The van der Waals surface area contributed by atoms with Crippen LogP contribution < -0.4 is 0 Å². The number of hydrogen-bond acceptors (Lipinski definition) is 4. The molecule has 0 fully saturated rings. The Morgan fingerprint density at radius 2 is 1.03 bits per heavy atom. The van der Waals surface area contributed by atoms with Crippen LogP contribution >= 0.6 is 0 Å². The van der Waals surface area contributed by atoms with Gasteiger partial charge in [0.2, 0.25) is 0 Å². The summed E-state index contributed by atoms with van der Waals surface area (Å²) < 4.78 is 10.2. The third kappa shape index (κ3) is 6.95. The first-order chi connectivity index (χ1) is 18.6. The van der Waals surface area contributed by atoms with Gasteiger partial charge in [0.1, 0.15) is 6.61 Å². The van der Waals surface area contributed by atoms with E-state index in [2.05, 4.69) is 86.0 Å². The number of aryl methyl sites for hydroxylation is 1. The van der Waals surface area contributed by atoms with Gasteiger partial charge in [0.05, 0.1) is 6.61 Å². The molecule has 190 valence electrons. The minimum Gasteiger partial charge on any atom is -0.463 e. The van der Waals surface area contributed by atoms with Crippen LogP contribution in [0.3, 0.4) is 0 Å². The van der Waals surface area contributed by atoms with Crippen LogP contribution in [0.2, 0.25) is 0 Å². The van der Waals surface area contributed by atoms with Crippen molar-refractivity contribution in [2.75, 3.05) is 6.61 Å². The minimum absolute atomic E-state index is 0.223. The third-order valence-electron chi connectivity index (χ3n) is 6.24. The summed E-state index contributed by atoms with van der Waals surface area (Å²) in [6.07, 6.45) is 3.98. The molecule has 4 rings (SSSR count). The molecule has 0 saturated carbocycles. The Morgan fingerprint density at radius 1 is 0.579 bits per heavy atom. The van der Waals surface area contributed by atoms with Crippen molar-refractivity contribution in [1.82, 2.24) is 0 Å². The van der Waals surface area contributed by atoms with Crippen LogP contribution in [-0.2, 0) is 32.1 Å². The molecule has 38 heavy (non-hydrogen) atoms. The van der Waals surface area contributed by atoms with E-state index in [-0.39, 0.29) is 12.6 Å². The topological polar surface area (TPSA) is 52.6 Å². The van der Waals surface area contributed by atoms with E-state index in [1.54, 1.807) is 0 Å². The molecule has 0 atom stereocenters. The van der Waals surface area contributed by atoms with Gasteiger partial charge in [0.15, 0.2) is 0 Å². The predicted molar refractivity (Wildman–Crippen MR) is 152 cm³/mol. The molecule has 0 saturated heterocycles. The fourth-order valence-electron chi connectivity index (χ4n) is 4.19. The summed E-state index contributed by atoms with van der Waals surface area (Å²) in [4.78, 5) is 22.5. The lowest BCUT2D eigenvalue weighted by Gasteiger charge is -2.12. The molecule has 0 heterocycles. The Morgan fingerprint density at radius 3 is 1.58 bits per heavy atom. The Hall–Kier alpha value is -4.70. The highest BCUT2D eigenvalue weighted by atomic mass is 16.5. The number of benzene rings is 4.